The standard InChI is InChI=1S/C29H29N5O4/c1-4-37-25-16-21(14-15-24(25)38-17-20-10-6-5-7-11-20)27-26(19(2)32-29-30-18-31-34(27)29)28(35)33-22-12-8-9-13-23(22)36-3/h5-16,18,27H,4,17H2,1-3H3,(H,33,35)(H,30,31,32). The van der Waals surface area contributed by atoms with Crippen LogP contribution < -0.4 is 24.8 Å². The van der Waals surface area contributed by atoms with E-state index in [0.717, 1.165) is 11.1 Å². The van der Waals surface area contributed by atoms with Crippen molar-refractivity contribution in [2.24, 2.45) is 0 Å². The molecule has 194 valence electrons. The van der Waals surface area contributed by atoms with E-state index in [2.05, 4.69) is 20.7 Å². The van der Waals surface area contributed by atoms with Gasteiger partial charge in [-0.15, -0.1) is 0 Å². The van der Waals surface area contributed by atoms with Crippen molar-refractivity contribution in [1.82, 2.24) is 14.8 Å². The number of aromatic nitrogens is 3. The number of nitrogens with one attached hydrogen (secondary N) is 2. The maximum Gasteiger partial charge on any atom is 0.255 e. The van der Waals surface area contributed by atoms with Gasteiger partial charge >= 0.3 is 0 Å². The molecule has 0 spiro atoms. The third kappa shape index (κ3) is 5.04. The first-order valence-corrected chi connectivity index (χ1v) is 12.3. The summed E-state index contributed by atoms with van der Waals surface area (Å²) in [7, 11) is 1.57. The molecule has 9 nitrogen and oxygen atoms in total. The maximum absolute atomic E-state index is 13.7. The van der Waals surface area contributed by atoms with E-state index in [9.17, 15) is 4.79 Å². The summed E-state index contributed by atoms with van der Waals surface area (Å²) >= 11 is 0. The Hall–Kier alpha value is -4.79. The minimum atomic E-state index is -0.550. The second-order valence-corrected chi connectivity index (χ2v) is 8.66. The zero-order chi connectivity index (χ0) is 26.5. The van der Waals surface area contributed by atoms with Crippen LogP contribution in [0, 0.1) is 0 Å². The molecule has 1 aliphatic heterocycles. The number of benzene rings is 3. The molecule has 3 aromatic carbocycles. The summed E-state index contributed by atoms with van der Waals surface area (Å²) < 4.78 is 19.2. The molecular weight excluding hydrogens is 482 g/mol. The quantitative estimate of drug-likeness (QED) is 0.319. The molecule has 0 radical (unpaired) electrons. The van der Waals surface area contributed by atoms with Crippen LogP contribution in [-0.2, 0) is 11.4 Å². The number of hydrogen-bond acceptors (Lipinski definition) is 7. The van der Waals surface area contributed by atoms with Crippen molar-refractivity contribution in [2.75, 3.05) is 24.4 Å². The Labute approximate surface area is 221 Å². The summed E-state index contributed by atoms with van der Waals surface area (Å²) in [5.74, 6) is 2.03. The van der Waals surface area contributed by atoms with Crippen molar-refractivity contribution in [3.63, 3.8) is 0 Å². The minimum Gasteiger partial charge on any atom is -0.495 e. The van der Waals surface area contributed by atoms with Gasteiger partial charge in [-0.1, -0.05) is 48.5 Å². The van der Waals surface area contributed by atoms with Crippen molar-refractivity contribution >= 4 is 17.5 Å². The zero-order valence-electron chi connectivity index (χ0n) is 21.5. The molecule has 2 N–H and O–H groups in total. The van der Waals surface area contributed by atoms with Gasteiger partial charge in [-0.25, -0.2) is 4.68 Å². The Kier molecular flexibility index (Phi) is 7.26. The van der Waals surface area contributed by atoms with Crippen molar-refractivity contribution in [3.8, 4) is 17.2 Å². The van der Waals surface area contributed by atoms with Crippen molar-refractivity contribution in [1.29, 1.82) is 0 Å². The van der Waals surface area contributed by atoms with E-state index in [1.165, 1.54) is 6.33 Å². The number of carbonyl (C=O) groups is 1. The number of hydrogen-bond donors (Lipinski definition) is 2. The van der Waals surface area contributed by atoms with Crippen LogP contribution in [0.25, 0.3) is 0 Å². The highest BCUT2D eigenvalue weighted by Gasteiger charge is 2.34. The molecule has 5 rings (SSSR count). The van der Waals surface area contributed by atoms with Crippen LogP contribution in [0.1, 0.15) is 31.0 Å². The van der Waals surface area contributed by atoms with Crippen LogP contribution in [-0.4, -0.2) is 34.4 Å². The predicted octanol–water partition coefficient (Wildman–Crippen LogP) is 5.19. The lowest BCUT2D eigenvalue weighted by molar-refractivity contribution is -0.113. The number of methoxy groups -OCH3 is 1. The van der Waals surface area contributed by atoms with Gasteiger partial charge in [-0.2, -0.15) is 10.1 Å². The van der Waals surface area contributed by atoms with Crippen LogP contribution in [0.3, 0.4) is 0 Å². The van der Waals surface area contributed by atoms with Gasteiger partial charge < -0.3 is 24.8 Å². The number of carbonyl (C=O) groups excluding carboxylic acids is 1. The molecule has 1 aliphatic rings. The van der Waals surface area contributed by atoms with Crippen LogP contribution >= 0.6 is 0 Å². The van der Waals surface area contributed by atoms with Gasteiger partial charge in [0, 0.05) is 5.70 Å². The number of rotatable bonds is 9. The van der Waals surface area contributed by atoms with Crippen molar-refractivity contribution in [3.05, 3.63) is 102 Å². The minimum absolute atomic E-state index is 0.284. The molecule has 38 heavy (non-hydrogen) atoms. The highest BCUT2D eigenvalue weighted by Crippen LogP contribution is 2.39. The van der Waals surface area contributed by atoms with Crippen molar-refractivity contribution in [2.45, 2.75) is 26.5 Å². The van der Waals surface area contributed by atoms with Crippen LogP contribution in [0.4, 0.5) is 11.6 Å². The van der Waals surface area contributed by atoms with Crippen LogP contribution in [0.2, 0.25) is 0 Å². The molecular formula is C29H29N5O4. The van der Waals surface area contributed by atoms with Gasteiger partial charge in [0.15, 0.2) is 11.5 Å². The molecule has 9 heteroatoms. The average Bonchev–Trinajstić information content (AvgIpc) is 3.40. The normalized spacial score (nSPS) is 14.3. The second kappa shape index (κ2) is 11.1. The van der Waals surface area contributed by atoms with Gasteiger partial charge in [0.05, 0.1) is 25.0 Å². The summed E-state index contributed by atoms with van der Waals surface area (Å²) in [6.07, 6.45) is 1.46. The van der Waals surface area contributed by atoms with E-state index in [0.29, 0.717) is 53.4 Å². The third-order valence-corrected chi connectivity index (χ3v) is 6.21. The summed E-state index contributed by atoms with van der Waals surface area (Å²) in [6.45, 7) is 4.64. The average molecular weight is 512 g/mol. The molecule has 0 bridgehead atoms. The van der Waals surface area contributed by atoms with E-state index < -0.39 is 6.04 Å². The highest BCUT2D eigenvalue weighted by molar-refractivity contribution is 6.06. The molecule has 1 atom stereocenters. The third-order valence-electron chi connectivity index (χ3n) is 6.21. The molecule has 4 aromatic rings. The number of anilines is 2. The highest BCUT2D eigenvalue weighted by atomic mass is 16.5. The van der Waals surface area contributed by atoms with E-state index in [1.807, 2.05) is 74.5 Å². The van der Waals surface area contributed by atoms with E-state index in [1.54, 1.807) is 23.9 Å². The molecule has 0 saturated carbocycles. The second-order valence-electron chi connectivity index (χ2n) is 8.66. The molecule has 1 aromatic heterocycles. The van der Waals surface area contributed by atoms with Gasteiger partial charge in [0.25, 0.3) is 5.91 Å². The Morgan fingerprint density at radius 1 is 1.00 bits per heavy atom. The SMILES string of the molecule is CCOc1cc(C2C(C(=O)Nc3ccccc3OC)=C(C)Nc3ncnn32)ccc1OCc1ccccc1. The lowest BCUT2D eigenvalue weighted by Gasteiger charge is -2.29. The number of ether oxygens (including phenoxy) is 3. The van der Waals surface area contributed by atoms with Crippen LogP contribution in [0.5, 0.6) is 17.2 Å². The Morgan fingerprint density at radius 2 is 1.79 bits per heavy atom. The first-order chi connectivity index (χ1) is 18.6. The fourth-order valence-corrected chi connectivity index (χ4v) is 4.45. The number of amides is 1. The van der Waals surface area contributed by atoms with Gasteiger partial charge in [0.2, 0.25) is 5.95 Å². The van der Waals surface area contributed by atoms with E-state index in [4.69, 9.17) is 14.2 Å². The molecule has 2 heterocycles. The first kappa shape index (κ1) is 24.9. The number of allylic oxidation sites excluding steroid dienone is 1. The Balaban J connectivity index is 1.50. The topological polar surface area (TPSA) is 99.5 Å². The summed E-state index contributed by atoms with van der Waals surface area (Å²) in [5.41, 5.74) is 3.60. The number of nitrogens with zero attached hydrogens (tertiary/aromatic N) is 3. The lowest BCUT2D eigenvalue weighted by atomic mass is 9.94. The summed E-state index contributed by atoms with van der Waals surface area (Å²) in [4.78, 5) is 18.0. The summed E-state index contributed by atoms with van der Waals surface area (Å²) in [6, 6.07) is 22.4. The first-order valence-electron chi connectivity index (χ1n) is 12.3. The van der Waals surface area contributed by atoms with Gasteiger partial charge in [0.1, 0.15) is 24.7 Å². The zero-order valence-corrected chi connectivity index (χ0v) is 21.5. The summed E-state index contributed by atoms with van der Waals surface area (Å²) in [5, 5.41) is 10.6. The largest absolute Gasteiger partial charge is 0.495 e. The van der Waals surface area contributed by atoms with Crippen LogP contribution in [0.15, 0.2) is 90.4 Å². The Morgan fingerprint density at radius 3 is 2.58 bits per heavy atom. The monoisotopic (exact) mass is 511 g/mol. The predicted molar refractivity (Wildman–Crippen MR) is 144 cm³/mol. The number of para-hydroxylation sites is 2. The van der Waals surface area contributed by atoms with Gasteiger partial charge in [-0.05, 0) is 49.2 Å². The molecule has 0 fully saturated rings. The fraction of sp³-hybridized carbons (Fsp3) is 0.207. The van der Waals surface area contributed by atoms with Crippen molar-refractivity contribution < 1.29 is 19.0 Å². The molecule has 0 aliphatic carbocycles. The van der Waals surface area contributed by atoms with E-state index >= 15 is 0 Å². The Bertz CT molecular complexity index is 1460. The van der Waals surface area contributed by atoms with E-state index in [-0.39, 0.29) is 5.91 Å². The smallest absolute Gasteiger partial charge is 0.255 e. The number of fused-ring (bicyclic) bond motifs is 1. The van der Waals surface area contributed by atoms with Gasteiger partial charge in [-0.3, -0.25) is 4.79 Å². The lowest BCUT2D eigenvalue weighted by Crippen LogP contribution is -2.31. The molecule has 1 unspecified atom stereocenters. The molecule has 0 saturated heterocycles. The fourth-order valence-electron chi connectivity index (χ4n) is 4.45. The maximum atomic E-state index is 13.7. The molecule has 1 amide bonds.